The highest BCUT2D eigenvalue weighted by Gasteiger charge is 2.16. The second-order valence-electron chi connectivity index (χ2n) is 6.17. The predicted molar refractivity (Wildman–Crippen MR) is 84.0 cm³/mol. The number of hydrogen-bond donors (Lipinski definition) is 1. The number of carbonyl (C=O) groups excluding carboxylic acids is 1. The van der Waals surface area contributed by atoms with Gasteiger partial charge in [-0.1, -0.05) is 17.7 Å². The van der Waals surface area contributed by atoms with E-state index < -0.39 is 0 Å². The summed E-state index contributed by atoms with van der Waals surface area (Å²) >= 11 is 0. The first-order valence-corrected chi connectivity index (χ1v) is 6.88. The predicted octanol–water partition coefficient (Wildman–Crippen LogP) is 2.67. The molecule has 110 valence electrons. The van der Waals surface area contributed by atoms with Gasteiger partial charge in [-0.15, -0.1) is 0 Å². The van der Waals surface area contributed by atoms with E-state index >= 15 is 0 Å². The number of aromatic nitrogens is 1. The van der Waals surface area contributed by atoms with Gasteiger partial charge in [0, 0.05) is 23.5 Å². The lowest BCUT2D eigenvalue weighted by atomic mass is 10.1. The van der Waals surface area contributed by atoms with E-state index in [0.29, 0.717) is 5.56 Å². The Balaban J connectivity index is 2.40. The summed E-state index contributed by atoms with van der Waals surface area (Å²) in [6.07, 6.45) is 1.58. The van der Waals surface area contributed by atoms with Crippen LogP contribution < -0.4 is 10.9 Å². The zero-order valence-corrected chi connectivity index (χ0v) is 12.8. The molecule has 0 saturated heterocycles. The number of hydrogen-bond acceptors (Lipinski definition) is 2. The van der Waals surface area contributed by atoms with Crippen molar-refractivity contribution in [3.8, 4) is 5.69 Å². The zero-order valence-electron chi connectivity index (χ0n) is 12.8. The lowest BCUT2D eigenvalue weighted by Crippen LogP contribution is -2.41. The molecule has 2 rings (SSSR count). The van der Waals surface area contributed by atoms with Crippen LogP contribution in [0.4, 0.5) is 0 Å². The zero-order chi connectivity index (χ0) is 15.6. The van der Waals surface area contributed by atoms with E-state index in [1.165, 1.54) is 10.6 Å². The molecule has 0 unspecified atom stereocenters. The van der Waals surface area contributed by atoms with Gasteiger partial charge < -0.3 is 5.32 Å². The van der Waals surface area contributed by atoms with Gasteiger partial charge in [0.15, 0.2) is 0 Å². The first-order valence-electron chi connectivity index (χ1n) is 6.88. The SMILES string of the molecule is Cc1ccc(-n2cc(C(=O)NC(C)(C)C)ccc2=O)cc1. The van der Waals surface area contributed by atoms with E-state index in [2.05, 4.69) is 5.32 Å². The number of aryl methyl sites for hydroxylation is 1. The monoisotopic (exact) mass is 284 g/mol. The number of nitrogens with zero attached hydrogens (tertiary/aromatic N) is 1. The average Bonchev–Trinajstić information content (AvgIpc) is 2.38. The van der Waals surface area contributed by atoms with E-state index in [1.54, 1.807) is 12.3 Å². The Hall–Kier alpha value is -2.36. The van der Waals surface area contributed by atoms with Crippen LogP contribution in [0.25, 0.3) is 5.69 Å². The maximum atomic E-state index is 12.2. The molecule has 0 saturated carbocycles. The van der Waals surface area contributed by atoms with Crippen LogP contribution in [0.1, 0.15) is 36.7 Å². The molecule has 4 nitrogen and oxygen atoms in total. The molecule has 1 heterocycles. The molecule has 0 radical (unpaired) electrons. The Morgan fingerprint density at radius 2 is 1.67 bits per heavy atom. The quantitative estimate of drug-likeness (QED) is 0.921. The third-order valence-corrected chi connectivity index (χ3v) is 2.97. The van der Waals surface area contributed by atoms with E-state index in [9.17, 15) is 9.59 Å². The molecule has 2 aromatic rings. The van der Waals surface area contributed by atoms with Crippen molar-refractivity contribution in [2.24, 2.45) is 0 Å². The van der Waals surface area contributed by atoms with Crippen molar-refractivity contribution < 1.29 is 4.79 Å². The van der Waals surface area contributed by atoms with Gasteiger partial charge in [-0.25, -0.2) is 0 Å². The van der Waals surface area contributed by atoms with Crippen LogP contribution in [-0.2, 0) is 0 Å². The Morgan fingerprint density at radius 1 is 1.05 bits per heavy atom. The molecule has 0 spiro atoms. The Morgan fingerprint density at radius 3 is 2.24 bits per heavy atom. The summed E-state index contributed by atoms with van der Waals surface area (Å²) in [5.41, 5.74) is 1.85. The standard InChI is InChI=1S/C17H20N2O2/c1-12-5-8-14(9-6-12)19-11-13(7-10-15(19)20)16(21)18-17(2,3)4/h5-11H,1-4H3,(H,18,21). The minimum atomic E-state index is -0.318. The van der Waals surface area contributed by atoms with Crippen LogP contribution in [-0.4, -0.2) is 16.0 Å². The lowest BCUT2D eigenvalue weighted by Gasteiger charge is -2.20. The topological polar surface area (TPSA) is 51.1 Å². The van der Waals surface area contributed by atoms with Gasteiger partial charge in [0.1, 0.15) is 0 Å². The maximum absolute atomic E-state index is 12.2. The number of nitrogens with one attached hydrogen (secondary N) is 1. The number of benzene rings is 1. The van der Waals surface area contributed by atoms with Crippen molar-refractivity contribution in [1.82, 2.24) is 9.88 Å². The molecular weight excluding hydrogens is 264 g/mol. The Bertz CT molecular complexity index is 707. The number of rotatable bonds is 2. The molecule has 4 heteroatoms. The highest BCUT2D eigenvalue weighted by atomic mass is 16.2. The van der Waals surface area contributed by atoms with Crippen molar-refractivity contribution in [2.45, 2.75) is 33.2 Å². The first kappa shape index (κ1) is 15.0. The fourth-order valence-corrected chi connectivity index (χ4v) is 1.94. The van der Waals surface area contributed by atoms with Crippen LogP contribution in [0.15, 0.2) is 47.4 Å². The summed E-state index contributed by atoms with van der Waals surface area (Å²) in [6.45, 7) is 7.74. The molecule has 0 aliphatic rings. The van der Waals surface area contributed by atoms with Gasteiger partial charge in [0.25, 0.3) is 11.5 Å². The van der Waals surface area contributed by atoms with E-state index in [-0.39, 0.29) is 17.0 Å². The van der Waals surface area contributed by atoms with Crippen molar-refractivity contribution in [3.05, 3.63) is 64.1 Å². The highest BCUT2D eigenvalue weighted by molar-refractivity contribution is 5.94. The van der Waals surface area contributed by atoms with Crippen molar-refractivity contribution >= 4 is 5.91 Å². The molecule has 0 fully saturated rings. The summed E-state index contributed by atoms with van der Waals surface area (Å²) in [5.74, 6) is -0.191. The van der Waals surface area contributed by atoms with Crippen molar-refractivity contribution in [2.75, 3.05) is 0 Å². The molecule has 1 N–H and O–H groups in total. The Kier molecular flexibility index (Phi) is 3.98. The smallest absolute Gasteiger partial charge is 0.255 e. The van der Waals surface area contributed by atoms with E-state index in [0.717, 1.165) is 11.3 Å². The summed E-state index contributed by atoms with van der Waals surface area (Å²) in [7, 11) is 0. The number of amides is 1. The van der Waals surface area contributed by atoms with Crippen molar-refractivity contribution in [1.29, 1.82) is 0 Å². The van der Waals surface area contributed by atoms with E-state index in [1.807, 2.05) is 52.0 Å². The van der Waals surface area contributed by atoms with Gasteiger partial charge in [-0.05, 0) is 45.9 Å². The van der Waals surface area contributed by atoms with Gasteiger partial charge in [-0.3, -0.25) is 14.2 Å². The number of carbonyl (C=O) groups is 1. The molecule has 1 aromatic carbocycles. The summed E-state index contributed by atoms with van der Waals surface area (Å²) in [6, 6.07) is 10.6. The van der Waals surface area contributed by atoms with Gasteiger partial charge >= 0.3 is 0 Å². The summed E-state index contributed by atoms with van der Waals surface area (Å²) < 4.78 is 1.48. The van der Waals surface area contributed by atoms with E-state index in [4.69, 9.17) is 0 Å². The molecule has 0 aliphatic carbocycles. The summed E-state index contributed by atoms with van der Waals surface area (Å²) in [5, 5.41) is 2.89. The largest absolute Gasteiger partial charge is 0.347 e. The average molecular weight is 284 g/mol. The highest BCUT2D eigenvalue weighted by Crippen LogP contribution is 2.09. The van der Waals surface area contributed by atoms with Crippen LogP contribution in [0.5, 0.6) is 0 Å². The third-order valence-electron chi connectivity index (χ3n) is 2.97. The van der Waals surface area contributed by atoms with Gasteiger partial charge in [0.2, 0.25) is 0 Å². The number of pyridine rings is 1. The van der Waals surface area contributed by atoms with Crippen LogP contribution in [0.2, 0.25) is 0 Å². The third kappa shape index (κ3) is 3.81. The molecular formula is C17H20N2O2. The fraction of sp³-hybridized carbons (Fsp3) is 0.294. The minimum Gasteiger partial charge on any atom is -0.347 e. The Labute approximate surface area is 124 Å². The summed E-state index contributed by atoms with van der Waals surface area (Å²) in [4.78, 5) is 24.2. The maximum Gasteiger partial charge on any atom is 0.255 e. The molecule has 1 amide bonds. The first-order chi connectivity index (χ1) is 9.76. The molecule has 0 atom stereocenters. The van der Waals surface area contributed by atoms with Crippen LogP contribution in [0, 0.1) is 6.92 Å². The molecule has 0 aliphatic heterocycles. The van der Waals surface area contributed by atoms with Crippen LogP contribution >= 0.6 is 0 Å². The molecule has 21 heavy (non-hydrogen) atoms. The minimum absolute atomic E-state index is 0.161. The normalized spacial score (nSPS) is 11.2. The fourth-order valence-electron chi connectivity index (χ4n) is 1.94. The second kappa shape index (κ2) is 5.56. The van der Waals surface area contributed by atoms with Gasteiger partial charge in [0.05, 0.1) is 5.56 Å². The second-order valence-corrected chi connectivity index (χ2v) is 6.17. The van der Waals surface area contributed by atoms with Crippen LogP contribution in [0.3, 0.4) is 0 Å². The molecule has 1 aromatic heterocycles. The van der Waals surface area contributed by atoms with Gasteiger partial charge in [-0.2, -0.15) is 0 Å². The lowest BCUT2D eigenvalue weighted by molar-refractivity contribution is 0.0919. The molecule has 0 bridgehead atoms. The van der Waals surface area contributed by atoms with Crippen molar-refractivity contribution in [3.63, 3.8) is 0 Å².